The molecule has 0 aromatic carbocycles. The maximum atomic E-state index is 14.1. The molecule has 11 heteroatoms. The Morgan fingerprint density at radius 2 is 1.92 bits per heavy atom. The molecule has 2 aromatic rings. The highest BCUT2D eigenvalue weighted by Gasteiger charge is 2.46. The molecule has 3 heterocycles. The van der Waals surface area contributed by atoms with E-state index in [0.29, 0.717) is 16.3 Å². The SMILES string of the molecule is Cc1cc(NC(C)(C)C)ncc1-c1sc(C(=O)N[C@H](C)C(C)(C)O)nc1C(=O)N1CC(F)(F)C[C@@H]1C. The number of anilines is 1. The fourth-order valence-electron chi connectivity index (χ4n) is 3.85. The van der Waals surface area contributed by atoms with Crippen molar-refractivity contribution in [2.45, 2.75) is 91.0 Å². The molecule has 0 spiro atoms. The molecule has 2 amide bonds. The lowest BCUT2D eigenvalue weighted by Gasteiger charge is -2.26. The van der Waals surface area contributed by atoms with Gasteiger partial charge in [-0.2, -0.15) is 0 Å². The number of hydrogen-bond donors (Lipinski definition) is 3. The number of amides is 2. The van der Waals surface area contributed by atoms with Crippen LogP contribution in [0.25, 0.3) is 10.4 Å². The van der Waals surface area contributed by atoms with Crippen LogP contribution in [0.5, 0.6) is 0 Å². The Morgan fingerprint density at radius 3 is 2.42 bits per heavy atom. The third-order valence-electron chi connectivity index (χ3n) is 6.08. The van der Waals surface area contributed by atoms with E-state index in [9.17, 15) is 23.5 Å². The highest BCUT2D eigenvalue weighted by atomic mass is 32.1. The van der Waals surface area contributed by atoms with E-state index in [1.54, 1.807) is 33.9 Å². The Balaban J connectivity index is 2.05. The van der Waals surface area contributed by atoms with Crippen molar-refractivity contribution >= 4 is 29.0 Å². The Hall–Kier alpha value is -2.66. The maximum absolute atomic E-state index is 14.1. The van der Waals surface area contributed by atoms with E-state index >= 15 is 0 Å². The summed E-state index contributed by atoms with van der Waals surface area (Å²) in [4.78, 5) is 36.7. The van der Waals surface area contributed by atoms with Gasteiger partial charge in [0.1, 0.15) is 11.5 Å². The van der Waals surface area contributed by atoms with Crippen LogP contribution in [0.4, 0.5) is 14.6 Å². The minimum Gasteiger partial charge on any atom is -0.388 e. The number of likely N-dealkylation sites (tertiary alicyclic amines) is 1. The van der Waals surface area contributed by atoms with E-state index in [4.69, 9.17) is 0 Å². The maximum Gasteiger partial charge on any atom is 0.280 e. The first kappa shape index (κ1) is 27.9. The molecule has 1 aliphatic rings. The Kier molecular flexibility index (Phi) is 7.49. The summed E-state index contributed by atoms with van der Waals surface area (Å²) >= 11 is 0.995. The number of carbonyl (C=O) groups is 2. The van der Waals surface area contributed by atoms with Gasteiger partial charge in [-0.25, -0.2) is 18.7 Å². The first-order valence-corrected chi connectivity index (χ1v) is 12.7. The molecule has 198 valence electrons. The second-order valence-electron chi connectivity index (χ2n) is 11.1. The Morgan fingerprint density at radius 1 is 1.28 bits per heavy atom. The van der Waals surface area contributed by atoms with Crippen molar-refractivity contribution in [3.63, 3.8) is 0 Å². The number of thiazole rings is 1. The van der Waals surface area contributed by atoms with Gasteiger partial charge >= 0.3 is 0 Å². The van der Waals surface area contributed by atoms with Gasteiger partial charge in [0.25, 0.3) is 17.7 Å². The second kappa shape index (κ2) is 9.66. The lowest BCUT2D eigenvalue weighted by Crippen LogP contribution is -2.47. The predicted molar refractivity (Wildman–Crippen MR) is 137 cm³/mol. The number of carbonyl (C=O) groups excluding carboxylic acids is 2. The first-order valence-electron chi connectivity index (χ1n) is 11.9. The van der Waals surface area contributed by atoms with Crippen molar-refractivity contribution in [1.29, 1.82) is 0 Å². The van der Waals surface area contributed by atoms with Gasteiger partial charge in [-0.1, -0.05) is 0 Å². The average molecular weight is 524 g/mol. The van der Waals surface area contributed by atoms with Gasteiger partial charge in [-0.05, 0) is 67.0 Å². The summed E-state index contributed by atoms with van der Waals surface area (Å²) in [7, 11) is 0. The summed E-state index contributed by atoms with van der Waals surface area (Å²) < 4.78 is 28.1. The van der Waals surface area contributed by atoms with Crippen LogP contribution in [-0.2, 0) is 0 Å². The lowest BCUT2D eigenvalue weighted by molar-refractivity contribution is 0.0118. The summed E-state index contributed by atoms with van der Waals surface area (Å²) in [5.41, 5.74) is -0.0883. The van der Waals surface area contributed by atoms with Crippen LogP contribution in [0.1, 0.15) is 80.7 Å². The zero-order chi connectivity index (χ0) is 27.2. The normalized spacial score (nSPS) is 18.8. The van der Waals surface area contributed by atoms with E-state index in [1.165, 1.54) is 0 Å². The molecule has 0 radical (unpaired) electrons. The molecule has 2 atom stereocenters. The lowest BCUT2D eigenvalue weighted by atomic mass is 10.0. The summed E-state index contributed by atoms with van der Waals surface area (Å²) in [6, 6.07) is 0.559. The molecule has 0 aliphatic carbocycles. The number of aromatic nitrogens is 2. The number of hydrogen-bond acceptors (Lipinski definition) is 7. The fourth-order valence-corrected chi connectivity index (χ4v) is 4.88. The van der Waals surface area contributed by atoms with E-state index in [-0.39, 0.29) is 16.2 Å². The number of alkyl halides is 2. The molecule has 36 heavy (non-hydrogen) atoms. The van der Waals surface area contributed by atoms with Crippen LogP contribution < -0.4 is 10.6 Å². The minimum absolute atomic E-state index is 0.000599. The van der Waals surface area contributed by atoms with Crippen molar-refractivity contribution < 1.29 is 23.5 Å². The van der Waals surface area contributed by atoms with Gasteiger partial charge < -0.3 is 20.6 Å². The topological polar surface area (TPSA) is 107 Å². The molecule has 0 unspecified atom stereocenters. The summed E-state index contributed by atoms with van der Waals surface area (Å²) in [5.74, 6) is -3.56. The van der Waals surface area contributed by atoms with Gasteiger partial charge in [0.2, 0.25) is 0 Å². The van der Waals surface area contributed by atoms with E-state index < -0.39 is 48.4 Å². The average Bonchev–Trinajstić information content (AvgIpc) is 3.26. The number of aliphatic hydroxyl groups is 1. The number of rotatable bonds is 6. The molecule has 3 rings (SSSR count). The number of nitrogens with one attached hydrogen (secondary N) is 2. The molecular formula is C25H35F2N5O3S. The standard InChI is InChI=1S/C25H35F2N5O3S/c1-13-9-17(31-23(4,5)6)28-11-16(13)19-18(22(34)32-12-25(26,27)10-14(32)2)30-21(36-19)20(33)29-15(3)24(7,8)35/h9,11,14-15,35H,10,12H2,1-8H3,(H,28,31)(H,29,33)/t14-,15+/m0/s1. The fraction of sp³-hybridized carbons (Fsp3) is 0.600. The molecule has 1 aliphatic heterocycles. The van der Waals surface area contributed by atoms with E-state index in [2.05, 4.69) is 20.6 Å². The van der Waals surface area contributed by atoms with Crippen LogP contribution in [0.15, 0.2) is 12.3 Å². The molecule has 0 saturated carbocycles. The summed E-state index contributed by atoms with van der Waals surface area (Å²) in [6.45, 7) is 13.5. The Labute approximate surface area is 214 Å². The highest BCUT2D eigenvalue weighted by molar-refractivity contribution is 7.17. The molecule has 3 N–H and O–H groups in total. The van der Waals surface area contributed by atoms with Crippen molar-refractivity contribution in [1.82, 2.24) is 20.2 Å². The third-order valence-corrected chi connectivity index (χ3v) is 7.17. The molecule has 0 bridgehead atoms. The molecule has 2 aromatic heterocycles. The molecule has 1 fully saturated rings. The van der Waals surface area contributed by atoms with Crippen molar-refractivity contribution in [2.75, 3.05) is 11.9 Å². The van der Waals surface area contributed by atoms with Gasteiger partial charge in [0, 0.05) is 29.8 Å². The number of pyridine rings is 1. The monoisotopic (exact) mass is 523 g/mol. The molecule has 1 saturated heterocycles. The predicted octanol–water partition coefficient (Wildman–Crippen LogP) is 4.48. The van der Waals surface area contributed by atoms with Crippen LogP contribution in [0, 0.1) is 6.92 Å². The summed E-state index contributed by atoms with van der Waals surface area (Å²) in [6.07, 6.45) is 1.17. The molecule has 8 nitrogen and oxygen atoms in total. The van der Waals surface area contributed by atoms with Gasteiger partial charge in [-0.15, -0.1) is 11.3 Å². The second-order valence-corrected chi connectivity index (χ2v) is 12.1. The minimum atomic E-state index is -2.98. The first-order chi connectivity index (χ1) is 16.4. The smallest absolute Gasteiger partial charge is 0.280 e. The van der Waals surface area contributed by atoms with Crippen molar-refractivity contribution in [3.8, 4) is 10.4 Å². The van der Waals surface area contributed by atoms with E-state index in [0.717, 1.165) is 21.8 Å². The largest absolute Gasteiger partial charge is 0.388 e. The van der Waals surface area contributed by atoms with Gasteiger partial charge in [-0.3, -0.25) is 9.59 Å². The van der Waals surface area contributed by atoms with Crippen LogP contribution in [-0.4, -0.2) is 67.5 Å². The molecular weight excluding hydrogens is 488 g/mol. The van der Waals surface area contributed by atoms with Gasteiger partial charge in [0.15, 0.2) is 5.01 Å². The van der Waals surface area contributed by atoms with Crippen LogP contribution in [0.3, 0.4) is 0 Å². The van der Waals surface area contributed by atoms with Crippen molar-refractivity contribution in [3.05, 3.63) is 28.5 Å². The van der Waals surface area contributed by atoms with E-state index in [1.807, 2.05) is 33.8 Å². The summed E-state index contributed by atoms with van der Waals surface area (Å²) in [5, 5.41) is 16.2. The zero-order valence-corrected chi connectivity index (χ0v) is 22.8. The Bertz CT molecular complexity index is 1150. The van der Waals surface area contributed by atoms with Crippen LogP contribution in [0.2, 0.25) is 0 Å². The van der Waals surface area contributed by atoms with Crippen LogP contribution >= 0.6 is 11.3 Å². The highest BCUT2D eigenvalue weighted by Crippen LogP contribution is 2.37. The third kappa shape index (κ3) is 6.36. The number of halogens is 2. The quantitative estimate of drug-likeness (QED) is 0.515. The van der Waals surface area contributed by atoms with Gasteiger partial charge in [0.05, 0.1) is 23.1 Å². The van der Waals surface area contributed by atoms with Crippen molar-refractivity contribution in [2.24, 2.45) is 0 Å². The number of nitrogens with zero attached hydrogens (tertiary/aromatic N) is 3. The zero-order valence-electron chi connectivity index (χ0n) is 22.0. The number of aryl methyl sites for hydroxylation is 1.